The molecule has 0 spiro atoms. The van der Waals surface area contributed by atoms with E-state index in [1.807, 2.05) is 12.4 Å². The van der Waals surface area contributed by atoms with E-state index in [4.69, 9.17) is 0 Å². The summed E-state index contributed by atoms with van der Waals surface area (Å²) < 4.78 is 0. The molecular formula is C13H21N3. The van der Waals surface area contributed by atoms with E-state index in [0.717, 1.165) is 12.2 Å². The number of pyridine rings is 1. The van der Waals surface area contributed by atoms with Crippen molar-refractivity contribution in [2.75, 3.05) is 18.4 Å². The summed E-state index contributed by atoms with van der Waals surface area (Å²) >= 11 is 0. The van der Waals surface area contributed by atoms with Crippen LogP contribution in [0.25, 0.3) is 0 Å². The van der Waals surface area contributed by atoms with Crippen LogP contribution in [0, 0.1) is 6.92 Å². The molecule has 1 saturated heterocycles. The van der Waals surface area contributed by atoms with Gasteiger partial charge in [-0.15, -0.1) is 0 Å². The van der Waals surface area contributed by atoms with Gasteiger partial charge in [-0.25, -0.2) is 0 Å². The lowest BCUT2D eigenvalue weighted by Crippen LogP contribution is -2.31. The highest BCUT2D eigenvalue weighted by molar-refractivity contribution is 5.43. The van der Waals surface area contributed by atoms with Crippen LogP contribution >= 0.6 is 0 Å². The summed E-state index contributed by atoms with van der Waals surface area (Å²) in [6, 6.07) is 3.39. The summed E-state index contributed by atoms with van der Waals surface area (Å²) in [6.07, 6.45) is 5.03. The van der Waals surface area contributed by atoms with Crippen LogP contribution < -0.4 is 5.32 Å². The van der Waals surface area contributed by atoms with E-state index < -0.39 is 0 Å². The molecule has 0 bridgehead atoms. The molecule has 0 saturated carbocycles. The first-order chi connectivity index (χ1) is 7.65. The van der Waals surface area contributed by atoms with Gasteiger partial charge >= 0.3 is 0 Å². The zero-order valence-electron chi connectivity index (χ0n) is 10.4. The Balaban J connectivity index is 1.92. The van der Waals surface area contributed by atoms with Crippen molar-refractivity contribution in [3.05, 3.63) is 24.0 Å². The molecule has 1 fully saturated rings. The summed E-state index contributed by atoms with van der Waals surface area (Å²) in [4.78, 5) is 6.72. The molecule has 1 aromatic rings. The summed E-state index contributed by atoms with van der Waals surface area (Å²) in [5.41, 5.74) is 2.36. The van der Waals surface area contributed by atoms with Crippen molar-refractivity contribution < 1.29 is 0 Å². The van der Waals surface area contributed by atoms with Crippen LogP contribution in [0.1, 0.15) is 25.8 Å². The quantitative estimate of drug-likeness (QED) is 0.845. The number of anilines is 1. The lowest BCUT2D eigenvalue weighted by Gasteiger charge is -2.20. The maximum absolute atomic E-state index is 4.20. The molecule has 88 valence electrons. The van der Waals surface area contributed by atoms with Crippen LogP contribution in [0.4, 0.5) is 5.69 Å². The van der Waals surface area contributed by atoms with Gasteiger partial charge in [-0.3, -0.25) is 9.88 Å². The fraction of sp³-hybridized carbons (Fsp3) is 0.615. The molecule has 2 heterocycles. The van der Waals surface area contributed by atoms with Crippen molar-refractivity contribution in [1.82, 2.24) is 9.88 Å². The summed E-state index contributed by atoms with van der Waals surface area (Å²) in [6.45, 7) is 8.95. The second-order valence-electron chi connectivity index (χ2n) is 4.97. The zero-order chi connectivity index (χ0) is 11.5. The van der Waals surface area contributed by atoms with E-state index in [1.54, 1.807) is 0 Å². The van der Waals surface area contributed by atoms with Crippen LogP contribution in [0.5, 0.6) is 0 Å². The van der Waals surface area contributed by atoms with E-state index in [-0.39, 0.29) is 0 Å². The molecule has 3 heteroatoms. The normalized spacial score (nSPS) is 21.6. The van der Waals surface area contributed by atoms with Crippen molar-refractivity contribution in [3.63, 3.8) is 0 Å². The molecule has 1 aromatic heterocycles. The van der Waals surface area contributed by atoms with Crippen molar-refractivity contribution in [1.29, 1.82) is 0 Å². The number of likely N-dealkylation sites (tertiary alicyclic amines) is 1. The first kappa shape index (κ1) is 11.4. The minimum atomic E-state index is 0.575. The zero-order valence-corrected chi connectivity index (χ0v) is 10.4. The maximum Gasteiger partial charge on any atom is 0.0531 e. The van der Waals surface area contributed by atoms with E-state index in [0.29, 0.717) is 12.1 Å². The Morgan fingerprint density at radius 1 is 1.44 bits per heavy atom. The molecule has 0 amide bonds. The molecule has 3 nitrogen and oxygen atoms in total. The third-order valence-electron chi connectivity index (χ3n) is 3.20. The fourth-order valence-corrected chi connectivity index (χ4v) is 2.24. The standard InChI is InChI=1S/C13H21N3/c1-10(2)16-5-4-12(9-16)15-13-6-11(3)7-14-8-13/h6-8,10,12,15H,4-5,9H2,1-3H3. The molecule has 2 rings (SSSR count). The summed E-state index contributed by atoms with van der Waals surface area (Å²) in [5, 5.41) is 3.56. The van der Waals surface area contributed by atoms with Gasteiger partial charge in [0.25, 0.3) is 0 Å². The first-order valence-corrected chi connectivity index (χ1v) is 6.07. The van der Waals surface area contributed by atoms with Gasteiger partial charge in [-0.05, 0) is 38.8 Å². The van der Waals surface area contributed by atoms with Crippen molar-refractivity contribution in [3.8, 4) is 0 Å². The average molecular weight is 219 g/mol. The molecule has 1 aliphatic heterocycles. The van der Waals surface area contributed by atoms with E-state index in [9.17, 15) is 0 Å². The SMILES string of the molecule is Cc1cncc(NC2CCN(C(C)C)C2)c1. The predicted octanol–water partition coefficient (Wildman–Crippen LogP) is 2.28. The third kappa shape index (κ3) is 2.73. The van der Waals surface area contributed by atoms with Gasteiger partial charge in [0.1, 0.15) is 0 Å². The second-order valence-corrected chi connectivity index (χ2v) is 4.97. The summed E-state index contributed by atoms with van der Waals surface area (Å²) in [7, 11) is 0. The highest BCUT2D eigenvalue weighted by Crippen LogP contribution is 2.17. The van der Waals surface area contributed by atoms with Gasteiger partial charge in [-0.1, -0.05) is 0 Å². The molecule has 0 radical (unpaired) electrons. The van der Waals surface area contributed by atoms with Crippen LogP contribution in [-0.4, -0.2) is 35.1 Å². The highest BCUT2D eigenvalue weighted by Gasteiger charge is 2.23. The average Bonchev–Trinajstić information content (AvgIpc) is 2.66. The van der Waals surface area contributed by atoms with Crippen LogP contribution in [-0.2, 0) is 0 Å². The van der Waals surface area contributed by atoms with E-state index >= 15 is 0 Å². The fourth-order valence-electron chi connectivity index (χ4n) is 2.24. The molecule has 1 aliphatic rings. The number of nitrogens with one attached hydrogen (secondary N) is 1. The smallest absolute Gasteiger partial charge is 0.0531 e. The lowest BCUT2D eigenvalue weighted by atomic mass is 10.2. The molecule has 0 aliphatic carbocycles. The van der Waals surface area contributed by atoms with E-state index in [2.05, 4.69) is 42.0 Å². The van der Waals surface area contributed by atoms with Gasteiger partial charge in [0, 0.05) is 37.6 Å². The Kier molecular flexibility index (Phi) is 3.44. The van der Waals surface area contributed by atoms with E-state index in [1.165, 1.54) is 18.5 Å². The minimum absolute atomic E-state index is 0.575. The first-order valence-electron chi connectivity index (χ1n) is 6.07. The predicted molar refractivity (Wildman–Crippen MR) is 67.7 cm³/mol. The number of nitrogens with zero attached hydrogens (tertiary/aromatic N) is 2. The highest BCUT2D eigenvalue weighted by atomic mass is 15.2. The molecular weight excluding hydrogens is 198 g/mol. The van der Waals surface area contributed by atoms with Crippen molar-refractivity contribution in [2.24, 2.45) is 0 Å². The number of rotatable bonds is 3. The Hall–Kier alpha value is -1.09. The van der Waals surface area contributed by atoms with Gasteiger partial charge in [0.05, 0.1) is 5.69 Å². The van der Waals surface area contributed by atoms with Crippen molar-refractivity contribution >= 4 is 5.69 Å². The van der Waals surface area contributed by atoms with Gasteiger partial charge in [0.2, 0.25) is 0 Å². The molecule has 0 aromatic carbocycles. The van der Waals surface area contributed by atoms with Gasteiger partial charge < -0.3 is 5.32 Å². The lowest BCUT2D eigenvalue weighted by molar-refractivity contribution is 0.274. The Morgan fingerprint density at radius 2 is 2.25 bits per heavy atom. The van der Waals surface area contributed by atoms with Crippen LogP contribution in [0.15, 0.2) is 18.5 Å². The Bertz CT molecular complexity index is 349. The monoisotopic (exact) mass is 219 g/mol. The number of hydrogen-bond donors (Lipinski definition) is 1. The molecule has 1 unspecified atom stereocenters. The Morgan fingerprint density at radius 3 is 2.88 bits per heavy atom. The van der Waals surface area contributed by atoms with Crippen LogP contribution in [0.3, 0.4) is 0 Å². The summed E-state index contributed by atoms with van der Waals surface area (Å²) in [5.74, 6) is 0. The largest absolute Gasteiger partial charge is 0.380 e. The van der Waals surface area contributed by atoms with Crippen LogP contribution in [0.2, 0.25) is 0 Å². The molecule has 16 heavy (non-hydrogen) atoms. The Labute approximate surface area is 97.9 Å². The van der Waals surface area contributed by atoms with Gasteiger partial charge in [0.15, 0.2) is 0 Å². The molecule has 1 N–H and O–H groups in total. The molecule has 1 atom stereocenters. The van der Waals surface area contributed by atoms with Gasteiger partial charge in [-0.2, -0.15) is 0 Å². The minimum Gasteiger partial charge on any atom is -0.380 e. The number of aromatic nitrogens is 1. The number of aryl methyl sites for hydroxylation is 1. The topological polar surface area (TPSA) is 28.2 Å². The van der Waals surface area contributed by atoms with Crippen molar-refractivity contribution in [2.45, 2.75) is 39.3 Å². The third-order valence-corrected chi connectivity index (χ3v) is 3.20. The second kappa shape index (κ2) is 4.83. The number of hydrogen-bond acceptors (Lipinski definition) is 3. The maximum atomic E-state index is 4.20.